The Bertz CT molecular complexity index is 446. The maximum Gasteiger partial charge on any atom is 0.193 e. The molecule has 4 heteroatoms. The van der Waals surface area contributed by atoms with Crippen molar-refractivity contribution >= 4 is 16.3 Å². The molecule has 0 amide bonds. The molecule has 0 saturated carbocycles. The summed E-state index contributed by atoms with van der Waals surface area (Å²) in [6.07, 6.45) is 7.68. The van der Waals surface area contributed by atoms with Crippen LogP contribution >= 0.6 is 11.3 Å². The van der Waals surface area contributed by atoms with E-state index in [1.165, 1.54) is 18.5 Å². The van der Waals surface area contributed by atoms with E-state index in [2.05, 4.69) is 53.2 Å². The highest BCUT2D eigenvalue weighted by Crippen LogP contribution is 2.17. The minimum atomic E-state index is 0.602. The predicted molar refractivity (Wildman–Crippen MR) is 78.3 cm³/mol. The fourth-order valence-electron chi connectivity index (χ4n) is 2.42. The van der Waals surface area contributed by atoms with Gasteiger partial charge in [0, 0.05) is 23.8 Å². The topological polar surface area (TPSA) is 29.3 Å². The quantitative estimate of drug-likeness (QED) is 0.832. The van der Waals surface area contributed by atoms with Gasteiger partial charge in [0.25, 0.3) is 0 Å². The second-order valence-corrected chi connectivity index (χ2v) is 5.85. The van der Waals surface area contributed by atoms with Crippen molar-refractivity contribution in [1.29, 1.82) is 0 Å². The van der Waals surface area contributed by atoms with Crippen LogP contribution in [0.2, 0.25) is 0 Å². The summed E-state index contributed by atoms with van der Waals surface area (Å²) in [5.41, 5.74) is 1.21. The van der Waals surface area contributed by atoms with E-state index in [4.69, 9.17) is 0 Å². The molecular weight excluding hydrogens is 242 g/mol. The summed E-state index contributed by atoms with van der Waals surface area (Å²) in [7, 11) is 0. The first kappa shape index (κ1) is 13.6. The number of nitrogens with zero attached hydrogens (tertiary/aromatic N) is 2. The summed E-state index contributed by atoms with van der Waals surface area (Å²) in [6.45, 7) is 7.91. The van der Waals surface area contributed by atoms with Crippen LogP contribution in [0.3, 0.4) is 0 Å². The first-order valence-corrected chi connectivity index (χ1v) is 7.77. The van der Waals surface area contributed by atoms with Crippen LogP contribution in [0.5, 0.6) is 0 Å². The molecule has 2 atom stereocenters. The highest BCUT2D eigenvalue weighted by molar-refractivity contribution is 7.15. The van der Waals surface area contributed by atoms with Gasteiger partial charge in [0.05, 0.1) is 5.69 Å². The van der Waals surface area contributed by atoms with Gasteiger partial charge in [-0.2, -0.15) is 0 Å². The van der Waals surface area contributed by atoms with E-state index in [0.29, 0.717) is 12.0 Å². The van der Waals surface area contributed by atoms with Gasteiger partial charge in [0.1, 0.15) is 0 Å². The summed E-state index contributed by atoms with van der Waals surface area (Å²) in [4.78, 5) is 5.77. The molecule has 0 radical (unpaired) electrons. The number of thiazole rings is 1. The molecule has 0 aliphatic heterocycles. The molecule has 0 saturated heterocycles. The fourth-order valence-corrected chi connectivity index (χ4v) is 3.14. The van der Waals surface area contributed by atoms with E-state index >= 15 is 0 Å². The van der Waals surface area contributed by atoms with Gasteiger partial charge < -0.3 is 5.32 Å². The van der Waals surface area contributed by atoms with Crippen LogP contribution in [-0.2, 0) is 6.42 Å². The lowest BCUT2D eigenvalue weighted by Crippen LogP contribution is -2.35. The Kier molecular flexibility index (Phi) is 4.78. The maximum atomic E-state index is 4.66. The molecule has 0 aliphatic rings. The van der Waals surface area contributed by atoms with Crippen molar-refractivity contribution in [3.63, 3.8) is 0 Å². The van der Waals surface area contributed by atoms with Crippen molar-refractivity contribution in [3.8, 4) is 0 Å². The molecular formula is C14H23N3S. The Morgan fingerprint density at radius 1 is 1.44 bits per heavy atom. The van der Waals surface area contributed by atoms with Crippen molar-refractivity contribution in [3.05, 3.63) is 23.5 Å². The Hall–Kier alpha value is -0.870. The standard InChI is InChI=1S/C14H23N3S/c1-4-6-15-13(5-2)11(3)9-12-10-17-7-8-18-14(17)16-12/h7-8,10-11,13,15H,4-6,9H2,1-3H3. The number of hydrogen-bond donors (Lipinski definition) is 1. The van der Waals surface area contributed by atoms with Crippen molar-refractivity contribution in [1.82, 2.24) is 14.7 Å². The third-order valence-corrected chi connectivity index (χ3v) is 4.23. The summed E-state index contributed by atoms with van der Waals surface area (Å²) >= 11 is 1.70. The first-order valence-electron chi connectivity index (χ1n) is 6.89. The number of rotatable bonds is 7. The van der Waals surface area contributed by atoms with E-state index in [0.717, 1.165) is 17.9 Å². The lowest BCUT2D eigenvalue weighted by molar-refractivity contribution is 0.363. The average Bonchev–Trinajstić information content (AvgIpc) is 2.90. The Labute approximate surface area is 113 Å². The largest absolute Gasteiger partial charge is 0.314 e. The van der Waals surface area contributed by atoms with Crippen molar-refractivity contribution < 1.29 is 0 Å². The monoisotopic (exact) mass is 265 g/mol. The average molecular weight is 265 g/mol. The highest BCUT2D eigenvalue weighted by atomic mass is 32.1. The summed E-state index contributed by atoms with van der Waals surface area (Å²) in [6, 6.07) is 0.602. The van der Waals surface area contributed by atoms with Gasteiger partial charge in [0.15, 0.2) is 4.96 Å². The molecule has 1 N–H and O–H groups in total. The summed E-state index contributed by atoms with van der Waals surface area (Å²) in [5, 5.41) is 5.71. The fraction of sp³-hybridized carbons (Fsp3) is 0.643. The van der Waals surface area contributed by atoms with Crippen molar-refractivity contribution in [2.45, 2.75) is 46.1 Å². The zero-order valence-electron chi connectivity index (χ0n) is 11.5. The summed E-state index contributed by atoms with van der Waals surface area (Å²) < 4.78 is 2.12. The lowest BCUT2D eigenvalue weighted by Gasteiger charge is -2.23. The van der Waals surface area contributed by atoms with Gasteiger partial charge in [-0.05, 0) is 31.7 Å². The van der Waals surface area contributed by atoms with E-state index < -0.39 is 0 Å². The van der Waals surface area contributed by atoms with Crippen LogP contribution in [-0.4, -0.2) is 22.0 Å². The lowest BCUT2D eigenvalue weighted by atomic mass is 9.95. The normalized spacial score (nSPS) is 15.1. The van der Waals surface area contributed by atoms with Gasteiger partial charge in [-0.15, -0.1) is 11.3 Å². The van der Waals surface area contributed by atoms with Crippen LogP contribution in [0.4, 0.5) is 0 Å². The minimum absolute atomic E-state index is 0.602. The molecule has 100 valence electrons. The van der Waals surface area contributed by atoms with Crippen molar-refractivity contribution in [2.24, 2.45) is 5.92 Å². The molecule has 0 bridgehead atoms. The Morgan fingerprint density at radius 3 is 2.94 bits per heavy atom. The summed E-state index contributed by atoms with van der Waals surface area (Å²) in [5.74, 6) is 0.631. The third kappa shape index (κ3) is 3.12. The van der Waals surface area contributed by atoms with Crippen LogP contribution in [0.15, 0.2) is 17.8 Å². The molecule has 3 nitrogen and oxygen atoms in total. The van der Waals surface area contributed by atoms with Crippen LogP contribution in [0.1, 0.15) is 39.3 Å². The Balaban J connectivity index is 1.96. The molecule has 0 fully saturated rings. The highest BCUT2D eigenvalue weighted by Gasteiger charge is 2.16. The molecule has 0 aromatic carbocycles. The molecule has 2 unspecified atom stereocenters. The van der Waals surface area contributed by atoms with Crippen LogP contribution < -0.4 is 5.32 Å². The molecule has 2 aromatic heterocycles. The van der Waals surface area contributed by atoms with Crippen LogP contribution in [0, 0.1) is 5.92 Å². The second kappa shape index (κ2) is 6.34. The van der Waals surface area contributed by atoms with Gasteiger partial charge in [-0.25, -0.2) is 4.98 Å². The zero-order valence-corrected chi connectivity index (χ0v) is 12.3. The van der Waals surface area contributed by atoms with Gasteiger partial charge >= 0.3 is 0 Å². The van der Waals surface area contributed by atoms with Gasteiger partial charge in [0.2, 0.25) is 0 Å². The third-order valence-electron chi connectivity index (χ3n) is 3.46. The molecule has 2 heterocycles. The van der Waals surface area contributed by atoms with E-state index in [1.807, 2.05) is 0 Å². The number of aromatic nitrogens is 2. The molecule has 2 aromatic rings. The smallest absolute Gasteiger partial charge is 0.193 e. The molecule has 0 spiro atoms. The number of fused-ring (bicyclic) bond motifs is 1. The van der Waals surface area contributed by atoms with E-state index in [9.17, 15) is 0 Å². The number of imidazole rings is 1. The van der Waals surface area contributed by atoms with E-state index in [1.54, 1.807) is 11.3 Å². The van der Waals surface area contributed by atoms with Gasteiger partial charge in [-0.3, -0.25) is 4.40 Å². The van der Waals surface area contributed by atoms with Crippen LogP contribution in [0.25, 0.3) is 4.96 Å². The van der Waals surface area contributed by atoms with Gasteiger partial charge in [-0.1, -0.05) is 20.8 Å². The van der Waals surface area contributed by atoms with Crippen molar-refractivity contribution in [2.75, 3.05) is 6.54 Å². The second-order valence-electron chi connectivity index (χ2n) is 4.98. The Morgan fingerprint density at radius 2 is 2.28 bits per heavy atom. The SMILES string of the molecule is CCCNC(CC)C(C)Cc1cn2ccsc2n1. The minimum Gasteiger partial charge on any atom is -0.314 e. The molecule has 18 heavy (non-hydrogen) atoms. The first-order chi connectivity index (χ1) is 8.74. The zero-order chi connectivity index (χ0) is 13.0. The number of nitrogens with one attached hydrogen (secondary N) is 1. The predicted octanol–water partition coefficient (Wildman–Crippen LogP) is 3.35. The van der Waals surface area contributed by atoms with E-state index in [-0.39, 0.29) is 0 Å². The number of hydrogen-bond acceptors (Lipinski definition) is 3. The maximum absolute atomic E-state index is 4.66. The molecule has 2 rings (SSSR count). The molecule has 0 aliphatic carbocycles.